The molecule has 0 unspecified atom stereocenters. The van der Waals surface area contributed by atoms with Crippen molar-refractivity contribution < 1.29 is 14.3 Å². The van der Waals surface area contributed by atoms with Crippen molar-refractivity contribution in [1.29, 1.82) is 0 Å². The quantitative estimate of drug-likeness (QED) is 0.483. The number of aromatic nitrogens is 1. The summed E-state index contributed by atoms with van der Waals surface area (Å²) in [6.45, 7) is 8.08. The monoisotopic (exact) mass is 422 g/mol. The lowest BCUT2D eigenvalue weighted by Gasteiger charge is -2.13. The molecule has 3 rings (SSSR count). The zero-order valence-electron chi connectivity index (χ0n) is 17.9. The standard InChI is InChI=1S/C24H26N2O3S/c1-15(2)29-21-10-7-18(13-22(21)28-5)8-11-23(27)26-24-25-20(14-30-24)19-9-6-16(3)17(4)12-19/h6-15H,1-5H3,(H,25,26,27)/b11-8+. The Bertz CT molecular complexity index is 1070. The third-order valence-corrected chi connectivity index (χ3v) is 5.27. The molecule has 0 fully saturated rings. The number of nitrogens with one attached hydrogen (secondary N) is 1. The van der Waals surface area contributed by atoms with Gasteiger partial charge in [-0.2, -0.15) is 0 Å². The number of ether oxygens (including phenoxy) is 2. The maximum atomic E-state index is 12.3. The zero-order chi connectivity index (χ0) is 21.7. The molecule has 1 N–H and O–H groups in total. The van der Waals surface area contributed by atoms with Crippen LogP contribution in [0.15, 0.2) is 47.9 Å². The first-order valence-electron chi connectivity index (χ1n) is 9.72. The van der Waals surface area contributed by atoms with Crippen LogP contribution in [0.4, 0.5) is 5.13 Å². The van der Waals surface area contributed by atoms with Gasteiger partial charge in [0.15, 0.2) is 16.6 Å². The van der Waals surface area contributed by atoms with Crippen molar-refractivity contribution in [2.24, 2.45) is 0 Å². The van der Waals surface area contributed by atoms with E-state index < -0.39 is 0 Å². The Morgan fingerprint density at radius 3 is 2.60 bits per heavy atom. The molecule has 5 nitrogen and oxygen atoms in total. The van der Waals surface area contributed by atoms with Crippen LogP contribution in [0.3, 0.4) is 0 Å². The highest BCUT2D eigenvalue weighted by atomic mass is 32.1. The summed E-state index contributed by atoms with van der Waals surface area (Å²) in [5.74, 6) is 1.07. The lowest BCUT2D eigenvalue weighted by Crippen LogP contribution is -2.07. The summed E-state index contributed by atoms with van der Waals surface area (Å²) in [5.41, 5.74) is 5.20. The van der Waals surface area contributed by atoms with E-state index in [-0.39, 0.29) is 12.0 Å². The number of methoxy groups -OCH3 is 1. The van der Waals surface area contributed by atoms with Crippen molar-refractivity contribution >= 4 is 28.5 Å². The van der Waals surface area contributed by atoms with Crippen molar-refractivity contribution in [3.8, 4) is 22.8 Å². The van der Waals surface area contributed by atoms with Crippen LogP contribution in [0.5, 0.6) is 11.5 Å². The number of anilines is 1. The van der Waals surface area contributed by atoms with Gasteiger partial charge in [-0.05, 0) is 68.7 Å². The van der Waals surface area contributed by atoms with Gasteiger partial charge < -0.3 is 9.47 Å². The Kier molecular flexibility index (Phi) is 6.90. The van der Waals surface area contributed by atoms with E-state index in [4.69, 9.17) is 9.47 Å². The Balaban J connectivity index is 1.66. The number of nitrogens with zero attached hydrogens (tertiary/aromatic N) is 1. The van der Waals surface area contributed by atoms with Crippen LogP contribution >= 0.6 is 11.3 Å². The maximum absolute atomic E-state index is 12.3. The normalized spacial score (nSPS) is 11.1. The third kappa shape index (κ3) is 5.48. The number of carbonyl (C=O) groups excluding carboxylic acids is 1. The highest BCUT2D eigenvalue weighted by molar-refractivity contribution is 7.14. The molecule has 0 radical (unpaired) electrons. The SMILES string of the molecule is COc1cc(/C=C/C(=O)Nc2nc(-c3ccc(C)c(C)c3)cs2)ccc1OC(C)C. The topological polar surface area (TPSA) is 60.5 Å². The van der Waals surface area contributed by atoms with E-state index in [1.807, 2.05) is 43.5 Å². The summed E-state index contributed by atoms with van der Waals surface area (Å²) in [7, 11) is 1.60. The van der Waals surface area contributed by atoms with Crippen molar-refractivity contribution in [3.63, 3.8) is 0 Å². The Hall–Kier alpha value is -3.12. The molecule has 0 aliphatic heterocycles. The van der Waals surface area contributed by atoms with Gasteiger partial charge in [-0.1, -0.05) is 18.2 Å². The molecule has 3 aromatic rings. The number of benzene rings is 2. The summed E-state index contributed by atoms with van der Waals surface area (Å²) < 4.78 is 11.1. The van der Waals surface area contributed by atoms with Gasteiger partial charge in [0.2, 0.25) is 5.91 Å². The van der Waals surface area contributed by atoms with Gasteiger partial charge in [-0.25, -0.2) is 4.98 Å². The molecule has 1 amide bonds. The number of aryl methyl sites for hydroxylation is 2. The van der Waals surface area contributed by atoms with Crippen LogP contribution in [-0.2, 0) is 4.79 Å². The second-order valence-electron chi connectivity index (χ2n) is 7.24. The molecule has 6 heteroatoms. The van der Waals surface area contributed by atoms with E-state index in [1.165, 1.54) is 28.5 Å². The molecule has 0 spiro atoms. The summed E-state index contributed by atoms with van der Waals surface area (Å²) in [5, 5.41) is 5.33. The van der Waals surface area contributed by atoms with E-state index in [1.54, 1.807) is 13.2 Å². The fraction of sp³-hybridized carbons (Fsp3) is 0.250. The molecular weight excluding hydrogens is 396 g/mol. The average molecular weight is 423 g/mol. The average Bonchev–Trinajstić information content (AvgIpc) is 3.17. The molecule has 1 aromatic heterocycles. The van der Waals surface area contributed by atoms with Gasteiger partial charge in [0, 0.05) is 17.0 Å². The number of thiazole rings is 1. The molecule has 0 atom stereocenters. The van der Waals surface area contributed by atoms with E-state index in [2.05, 4.69) is 36.3 Å². The predicted octanol–water partition coefficient (Wildman–Crippen LogP) is 5.87. The minimum atomic E-state index is -0.238. The van der Waals surface area contributed by atoms with Crippen LogP contribution < -0.4 is 14.8 Å². The van der Waals surface area contributed by atoms with Gasteiger partial charge >= 0.3 is 0 Å². The zero-order valence-corrected chi connectivity index (χ0v) is 18.7. The van der Waals surface area contributed by atoms with Gasteiger partial charge in [0.1, 0.15) is 0 Å². The van der Waals surface area contributed by atoms with Gasteiger partial charge in [0.25, 0.3) is 0 Å². The van der Waals surface area contributed by atoms with Crippen LogP contribution in [0, 0.1) is 13.8 Å². The minimum Gasteiger partial charge on any atom is -0.493 e. The van der Waals surface area contributed by atoms with Crippen molar-refractivity contribution in [1.82, 2.24) is 4.98 Å². The molecular formula is C24H26N2O3S. The summed E-state index contributed by atoms with van der Waals surface area (Å²) in [6, 6.07) is 11.8. The molecule has 0 aliphatic rings. The second kappa shape index (κ2) is 9.59. The molecule has 0 bridgehead atoms. The van der Waals surface area contributed by atoms with Crippen molar-refractivity contribution in [3.05, 3.63) is 64.5 Å². The highest BCUT2D eigenvalue weighted by Gasteiger charge is 2.09. The van der Waals surface area contributed by atoms with Gasteiger partial charge in [-0.15, -0.1) is 11.3 Å². The summed E-state index contributed by atoms with van der Waals surface area (Å²) >= 11 is 1.40. The summed E-state index contributed by atoms with van der Waals surface area (Å²) in [4.78, 5) is 16.8. The lowest BCUT2D eigenvalue weighted by molar-refractivity contribution is -0.111. The van der Waals surface area contributed by atoms with Gasteiger partial charge in [0.05, 0.1) is 18.9 Å². The Labute approximate surface area is 181 Å². The fourth-order valence-corrected chi connectivity index (χ4v) is 3.55. The molecule has 30 heavy (non-hydrogen) atoms. The fourth-order valence-electron chi connectivity index (χ4n) is 2.82. The Morgan fingerprint density at radius 2 is 1.90 bits per heavy atom. The van der Waals surface area contributed by atoms with E-state index in [0.717, 1.165) is 16.8 Å². The largest absolute Gasteiger partial charge is 0.493 e. The van der Waals surface area contributed by atoms with Gasteiger partial charge in [-0.3, -0.25) is 10.1 Å². The number of hydrogen-bond acceptors (Lipinski definition) is 5. The third-order valence-electron chi connectivity index (χ3n) is 4.51. The molecule has 0 saturated carbocycles. The Morgan fingerprint density at radius 1 is 1.10 bits per heavy atom. The van der Waals surface area contributed by atoms with Crippen molar-refractivity contribution in [2.75, 3.05) is 12.4 Å². The number of amides is 1. The first-order valence-corrected chi connectivity index (χ1v) is 10.6. The molecule has 0 aliphatic carbocycles. The van der Waals surface area contributed by atoms with E-state index >= 15 is 0 Å². The van der Waals surface area contributed by atoms with Crippen LogP contribution in [-0.4, -0.2) is 24.1 Å². The van der Waals surface area contributed by atoms with Crippen LogP contribution in [0.25, 0.3) is 17.3 Å². The number of carbonyl (C=O) groups is 1. The summed E-state index contributed by atoms with van der Waals surface area (Å²) in [6.07, 6.45) is 3.27. The van der Waals surface area contributed by atoms with E-state index in [9.17, 15) is 4.79 Å². The number of hydrogen-bond donors (Lipinski definition) is 1. The van der Waals surface area contributed by atoms with Crippen LogP contribution in [0.2, 0.25) is 0 Å². The molecule has 1 heterocycles. The minimum absolute atomic E-state index is 0.0538. The molecule has 2 aromatic carbocycles. The molecule has 0 saturated heterocycles. The maximum Gasteiger partial charge on any atom is 0.250 e. The highest BCUT2D eigenvalue weighted by Crippen LogP contribution is 2.30. The smallest absolute Gasteiger partial charge is 0.250 e. The number of rotatable bonds is 7. The van der Waals surface area contributed by atoms with Crippen molar-refractivity contribution in [2.45, 2.75) is 33.8 Å². The molecule has 156 valence electrons. The lowest BCUT2D eigenvalue weighted by atomic mass is 10.1. The predicted molar refractivity (Wildman–Crippen MR) is 123 cm³/mol. The first-order chi connectivity index (χ1) is 14.4. The second-order valence-corrected chi connectivity index (χ2v) is 8.09. The van der Waals surface area contributed by atoms with Crippen LogP contribution in [0.1, 0.15) is 30.5 Å². The van der Waals surface area contributed by atoms with E-state index in [0.29, 0.717) is 16.6 Å². The first kappa shape index (κ1) is 21.6.